The van der Waals surface area contributed by atoms with E-state index in [0.717, 1.165) is 48.9 Å². The molecule has 0 amide bonds. The van der Waals surface area contributed by atoms with E-state index in [4.69, 9.17) is 35.8 Å². The lowest BCUT2D eigenvalue weighted by Crippen LogP contribution is -2.52. The Hall–Kier alpha value is -1.71. The number of ether oxygens (including phenoxy) is 2. The van der Waals surface area contributed by atoms with E-state index in [1.165, 1.54) is 23.5 Å². The van der Waals surface area contributed by atoms with Gasteiger partial charge >= 0.3 is 35.7 Å². The van der Waals surface area contributed by atoms with Crippen LogP contribution in [0.1, 0.15) is 117 Å². The summed E-state index contributed by atoms with van der Waals surface area (Å²) in [5.74, 6) is 0.0885. The van der Waals surface area contributed by atoms with Crippen molar-refractivity contribution >= 4 is 87.4 Å². The van der Waals surface area contributed by atoms with E-state index in [1.54, 1.807) is 27.7 Å². The molecule has 75 heavy (non-hydrogen) atoms. The van der Waals surface area contributed by atoms with Gasteiger partial charge in [-0.15, -0.1) is 0 Å². The first-order chi connectivity index (χ1) is 35.4. The van der Waals surface area contributed by atoms with E-state index in [9.17, 15) is 28.3 Å². The predicted octanol–water partition coefficient (Wildman–Crippen LogP) is 14.7. The van der Waals surface area contributed by atoms with Gasteiger partial charge in [-0.3, -0.25) is 28.3 Å². The first kappa shape index (κ1) is 69.4. The van der Waals surface area contributed by atoms with Crippen LogP contribution in [0.2, 0.25) is 51.4 Å². The van der Waals surface area contributed by atoms with Gasteiger partial charge in [0, 0.05) is 46.7 Å². The Balaban J connectivity index is 1.85. The number of carbonyl (C=O) groups is 4. The summed E-state index contributed by atoms with van der Waals surface area (Å²) in [4.78, 5) is 52.2. The summed E-state index contributed by atoms with van der Waals surface area (Å²) in [6.45, 7) is 25.5. The number of carbonyl (C=O) groups excluding carboxylic acids is 4. The highest BCUT2D eigenvalue weighted by Gasteiger charge is 2.40. The fourth-order valence-corrected chi connectivity index (χ4v) is 30.6. The van der Waals surface area contributed by atoms with E-state index in [-0.39, 0.29) is 111 Å². The van der Waals surface area contributed by atoms with Crippen molar-refractivity contribution in [2.75, 3.05) is 50.3 Å². The van der Waals surface area contributed by atoms with Crippen LogP contribution in [0, 0.1) is 11.8 Å². The van der Waals surface area contributed by atoms with Crippen molar-refractivity contribution in [2.24, 2.45) is 11.8 Å². The summed E-state index contributed by atoms with van der Waals surface area (Å²) in [5, 5.41) is -0.420. The third-order valence-corrected chi connectivity index (χ3v) is 31.1. The number of thioether (sulfide) groups is 2. The number of hydrogen-bond acceptors (Lipinski definition) is 16. The van der Waals surface area contributed by atoms with Crippen LogP contribution in [0.3, 0.4) is 0 Å². The molecule has 4 atom stereocenters. The average molecular weight is 1180 g/mol. The number of esters is 2. The Morgan fingerprint density at radius 3 is 1.16 bits per heavy atom. The Morgan fingerprint density at radius 1 is 0.507 bits per heavy atom. The van der Waals surface area contributed by atoms with Crippen molar-refractivity contribution in [2.45, 2.75) is 181 Å². The summed E-state index contributed by atoms with van der Waals surface area (Å²) in [6, 6.07) is 20.8. The molecule has 0 aliphatic heterocycles. The van der Waals surface area contributed by atoms with Crippen molar-refractivity contribution in [1.82, 2.24) is 0 Å². The summed E-state index contributed by atoms with van der Waals surface area (Å²) in [7, 11) is -13.6. The van der Waals surface area contributed by atoms with E-state index in [1.807, 2.05) is 74.5 Å². The minimum atomic E-state index is -3.39. The van der Waals surface area contributed by atoms with Crippen LogP contribution in [0.5, 0.6) is 0 Å². The highest BCUT2D eigenvalue weighted by atomic mass is 32.2. The summed E-state index contributed by atoms with van der Waals surface area (Å²) < 4.78 is 74.4. The Kier molecular flexibility index (Phi) is 33.8. The number of hydrogen-bond donors (Lipinski definition) is 0. The summed E-state index contributed by atoms with van der Waals surface area (Å²) >= 11 is 3.02. The van der Waals surface area contributed by atoms with Crippen LogP contribution in [0.25, 0.3) is 0 Å². The van der Waals surface area contributed by atoms with Crippen LogP contribution < -0.4 is 0 Å². The molecular formula is C54H94O14P2S2Si3. The molecule has 2 aromatic carbocycles. The van der Waals surface area contributed by atoms with Gasteiger partial charge in [-0.05, 0) is 116 Å². The number of unbranched alkanes of at least 4 members (excludes halogenated alkanes) is 2. The first-order valence-electron chi connectivity index (χ1n) is 27.2. The van der Waals surface area contributed by atoms with Crippen LogP contribution >= 0.6 is 38.7 Å². The summed E-state index contributed by atoms with van der Waals surface area (Å²) in [6.07, 6.45) is 5.81. The molecular weight excluding hydrogens is 1080 g/mol. The highest BCUT2D eigenvalue weighted by Crippen LogP contribution is 2.52. The minimum Gasteiger partial charge on any atom is -0.461 e. The maximum Gasteiger partial charge on any atom is 0.331 e. The van der Waals surface area contributed by atoms with Crippen molar-refractivity contribution < 1.29 is 64.1 Å². The standard InChI is InChI=1S/C54H94O14P2S2Si3/c1-13-63-69(59,64-14-2)43-49(71-35-33-53(57)61-41-47-27-19-17-20-28-47)39-45(5)51(55)31-23-25-37-73(7,8)67-75(11,12)68-74(9,10)38-26-24-32-52(56)46(6)40-50(44-70(60,65-15-3)66-16-4)72-36-34-54(58)62-42-48-29-21-18-22-30-48/h17-22,27-30,45-46,49-50H,13-16,23-26,31-44H2,1-12H3. The molecule has 0 aromatic heterocycles. The zero-order chi connectivity index (χ0) is 56.0. The quantitative estimate of drug-likeness (QED) is 0.0265. The normalized spacial score (nSPS) is 14.2. The van der Waals surface area contributed by atoms with Gasteiger partial charge in [0.2, 0.25) is 0 Å². The van der Waals surface area contributed by atoms with Crippen LogP contribution in [-0.2, 0) is 77.3 Å². The van der Waals surface area contributed by atoms with E-state index in [2.05, 4.69) is 39.3 Å². The second-order valence-electron chi connectivity index (χ2n) is 20.8. The fourth-order valence-electron chi connectivity index (χ4n) is 8.90. The van der Waals surface area contributed by atoms with Crippen molar-refractivity contribution in [1.29, 1.82) is 0 Å². The highest BCUT2D eigenvalue weighted by molar-refractivity contribution is 8.00. The fraction of sp³-hybridized carbons (Fsp3) is 0.704. The van der Waals surface area contributed by atoms with E-state index in [0.29, 0.717) is 37.2 Å². The van der Waals surface area contributed by atoms with Gasteiger partial charge in [0.05, 0.1) is 51.6 Å². The molecule has 428 valence electrons. The van der Waals surface area contributed by atoms with E-state index >= 15 is 0 Å². The second kappa shape index (κ2) is 36.5. The third-order valence-electron chi connectivity index (χ3n) is 12.2. The van der Waals surface area contributed by atoms with Gasteiger partial charge < -0.3 is 35.8 Å². The zero-order valence-corrected chi connectivity index (χ0v) is 54.0. The molecule has 0 saturated heterocycles. The molecule has 0 heterocycles. The number of benzene rings is 2. The van der Waals surface area contributed by atoms with Crippen LogP contribution in [0.4, 0.5) is 0 Å². The lowest BCUT2D eigenvalue weighted by molar-refractivity contribution is -0.145. The number of Topliss-reactive ketones (excluding diaryl/α,β-unsaturated/α-hetero) is 2. The van der Waals surface area contributed by atoms with E-state index < -0.39 is 40.4 Å². The molecule has 0 spiro atoms. The number of rotatable bonds is 44. The molecule has 0 fully saturated rings. The first-order valence-corrected chi connectivity index (χ1v) is 41.8. The average Bonchev–Trinajstić information content (AvgIpc) is 3.32. The molecule has 14 nitrogen and oxygen atoms in total. The van der Waals surface area contributed by atoms with Gasteiger partial charge in [-0.2, -0.15) is 23.5 Å². The zero-order valence-electron chi connectivity index (χ0n) is 47.6. The minimum absolute atomic E-state index is 0.159. The molecule has 2 aromatic rings. The van der Waals surface area contributed by atoms with Gasteiger partial charge in [-0.1, -0.05) is 87.4 Å². The second-order valence-corrected chi connectivity index (χ2v) is 40.3. The lowest BCUT2D eigenvalue weighted by atomic mass is 9.97. The van der Waals surface area contributed by atoms with Gasteiger partial charge in [-0.25, -0.2) is 0 Å². The van der Waals surface area contributed by atoms with Crippen molar-refractivity contribution in [3.8, 4) is 0 Å². The Bertz CT molecular complexity index is 1890. The molecule has 0 radical (unpaired) electrons. The maximum atomic E-state index is 13.6. The van der Waals surface area contributed by atoms with Crippen LogP contribution in [-0.4, -0.2) is 109 Å². The topological polar surface area (TPSA) is 176 Å². The largest absolute Gasteiger partial charge is 0.461 e. The SMILES string of the molecule is CCOP(=O)(CC(CC(C)C(=O)CCCC[Si](C)(C)O[Si](C)(C)O[Si](C)(C)CCCCC(=O)C(C)CC(CP(=O)(OCC)OCC)SCCC(=O)OCc1ccccc1)SCCC(=O)OCc1ccccc1)OCC. The molecule has 4 unspecified atom stereocenters. The Morgan fingerprint density at radius 2 is 0.840 bits per heavy atom. The smallest absolute Gasteiger partial charge is 0.331 e. The van der Waals surface area contributed by atoms with Gasteiger partial charge in [0.1, 0.15) is 24.8 Å². The molecule has 2 rings (SSSR count). The third kappa shape index (κ3) is 31.6. The summed E-state index contributed by atoms with van der Waals surface area (Å²) in [5.41, 5.74) is 1.83. The van der Waals surface area contributed by atoms with Gasteiger partial charge in [0.15, 0.2) is 16.6 Å². The Labute approximate surface area is 463 Å². The molecule has 21 heteroatoms. The van der Waals surface area contributed by atoms with Crippen molar-refractivity contribution in [3.05, 3.63) is 71.8 Å². The van der Waals surface area contributed by atoms with Crippen molar-refractivity contribution in [3.63, 3.8) is 0 Å². The molecule has 0 N–H and O–H groups in total. The maximum absolute atomic E-state index is 13.6. The van der Waals surface area contributed by atoms with Gasteiger partial charge in [0.25, 0.3) is 0 Å². The predicted molar refractivity (Wildman–Crippen MR) is 315 cm³/mol. The number of ketones is 2. The molecule has 0 saturated carbocycles. The molecule has 0 aliphatic rings. The lowest BCUT2D eigenvalue weighted by Gasteiger charge is -2.39. The molecule has 0 aliphatic carbocycles. The molecule has 0 bridgehead atoms. The monoisotopic (exact) mass is 1180 g/mol. The van der Waals surface area contributed by atoms with Crippen LogP contribution in [0.15, 0.2) is 60.7 Å².